The molecule has 1 aromatic rings. The van der Waals surface area contributed by atoms with Crippen molar-refractivity contribution in [2.45, 2.75) is 12.9 Å². The van der Waals surface area contributed by atoms with Crippen molar-refractivity contribution in [2.75, 3.05) is 14.2 Å². The molecule has 1 aromatic heterocycles. The number of ether oxygens (including phenoxy) is 3. The second-order valence-corrected chi connectivity index (χ2v) is 2.90. The van der Waals surface area contributed by atoms with Crippen molar-refractivity contribution in [3.8, 4) is 17.4 Å². The molecular weight excluding hydrogens is 241 g/mol. The first-order valence-electron chi connectivity index (χ1n) is 4.48. The van der Waals surface area contributed by atoms with Crippen LogP contribution in [-0.2, 0) is 6.54 Å². The van der Waals surface area contributed by atoms with Crippen molar-refractivity contribution < 1.29 is 27.4 Å². The van der Waals surface area contributed by atoms with Gasteiger partial charge in [0, 0.05) is 6.54 Å². The van der Waals surface area contributed by atoms with Crippen molar-refractivity contribution in [2.24, 2.45) is 5.73 Å². The molecule has 0 aliphatic heterocycles. The van der Waals surface area contributed by atoms with E-state index in [0.717, 1.165) is 6.20 Å². The summed E-state index contributed by atoms with van der Waals surface area (Å²) in [5, 5.41) is 0. The minimum atomic E-state index is -4.85. The average Bonchev–Trinajstić information content (AvgIpc) is 2.26. The fourth-order valence-electron chi connectivity index (χ4n) is 1.26. The fraction of sp³-hybridized carbons (Fsp3) is 0.444. The minimum absolute atomic E-state index is 0.0664. The predicted octanol–water partition coefficient (Wildman–Crippen LogP) is 1.46. The van der Waals surface area contributed by atoms with Crippen LogP contribution in [0.15, 0.2) is 6.20 Å². The third-order valence-corrected chi connectivity index (χ3v) is 1.91. The fourth-order valence-corrected chi connectivity index (χ4v) is 1.26. The number of aromatic nitrogens is 1. The highest BCUT2D eigenvalue weighted by atomic mass is 19.4. The Morgan fingerprint density at radius 3 is 2.35 bits per heavy atom. The summed E-state index contributed by atoms with van der Waals surface area (Å²) in [4.78, 5) is 3.47. The lowest BCUT2D eigenvalue weighted by atomic mass is 10.2. The molecule has 96 valence electrons. The van der Waals surface area contributed by atoms with Gasteiger partial charge in [0.1, 0.15) is 5.75 Å². The Bertz CT molecular complexity index is 396. The summed E-state index contributed by atoms with van der Waals surface area (Å²) in [5.41, 5.74) is 5.66. The van der Waals surface area contributed by atoms with E-state index in [1.807, 2.05) is 0 Å². The van der Waals surface area contributed by atoms with E-state index in [4.69, 9.17) is 15.2 Å². The van der Waals surface area contributed by atoms with Crippen molar-refractivity contribution >= 4 is 0 Å². The van der Waals surface area contributed by atoms with Gasteiger partial charge in [-0.05, 0) is 0 Å². The topological polar surface area (TPSA) is 66.6 Å². The number of methoxy groups -OCH3 is 2. The molecule has 5 nitrogen and oxygen atoms in total. The van der Waals surface area contributed by atoms with Gasteiger partial charge in [-0.15, -0.1) is 13.2 Å². The normalized spacial score (nSPS) is 11.2. The van der Waals surface area contributed by atoms with Crippen molar-refractivity contribution in [3.05, 3.63) is 11.8 Å². The number of alkyl halides is 3. The zero-order valence-electron chi connectivity index (χ0n) is 9.17. The molecule has 0 aliphatic rings. The van der Waals surface area contributed by atoms with Crippen LogP contribution in [-0.4, -0.2) is 25.6 Å². The Morgan fingerprint density at radius 2 is 1.94 bits per heavy atom. The third-order valence-electron chi connectivity index (χ3n) is 1.91. The summed E-state index contributed by atoms with van der Waals surface area (Å²) in [5.74, 6) is -0.649. The van der Waals surface area contributed by atoms with Gasteiger partial charge >= 0.3 is 6.36 Å². The van der Waals surface area contributed by atoms with Crippen molar-refractivity contribution in [1.29, 1.82) is 0 Å². The molecule has 0 amide bonds. The summed E-state index contributed by atoms with van der Waals surface area (Å²) in [7, 11) is 2.54. The summed E-state index contributed by atoms with van der Waals surface area (Å²) in [6, 6.07) is 0. The van der Waals surface area contributed by atoms with Gasteiger partial charge in [-0.2, -0.15) is 0 Å². The molecule has 0 aromatic carbocycles. The molecule has 0 unspecified atom stereocenters. The first kappa shape index (κ1) is 13.4. The number of halogens is 3. The van der Waals surface area contributed by atoms with Crippen LogP contribution in [0, 0.1) is 0 Å². The molecule has 0 radical (unpaired) electrons. The Morgan fingerprint density at radius 1 is 1.29 bits per heavy atom. The molecule has 1 heterocycles. The van der Waals surface area contributed by atoms with Crippen molar-refractivity contribution in [1.82, 2.24) is 4.98 Å². The second-order valence-electron chi connectivity index (χ2n) is 2.90. The molecule has 1 rings (SSSR count). The SMILES string of the molecule is COc1cnc(OC(F)(F)F)c(OC)c1CN. The van der Waals surface area contributed by atoms with Gasteiger partial charge in [0.05, 0.1) is 26.0 Å². The van der Waals surface area contributed by atoms with Crippen LogP contribution >= 0.6 is 0 Å². The maximum atomic E-state index is 12.1. The lowest BCUT2D eigenvalue weighted by Gasteiger charge is -2.15. The number of nitrogens with two attached hydrogens (primary N) is 1. The van der Waals surface area contributed by atoms with Gasteiger partial charge in [-0.3, -0.25) is 0 Å². The van der Waals surface area contributed by atoms with E-state index in [1.54, 1.807) is 0 Å². The van der Waals surface area contributed by atoms with Gasteiger partial charge in [0.15, 0.2) is 5.75 Å². The van der Waals surface area contributed by atoms with Crippen LogP contribution in [0.3, 0.4) is 0 Å². The molecule has 0 aliphatic carbocycles. The highest BCUT2D eigenvalue weighted by Gasteiger charge is 2.34. The molecule has 17 heavy (non-hydrogen) atoms. The van der Waals surface area contributed by atoms with E-state index in [0.29, 0.717) is 0 Å². The van der Waals surface area contributed by atoms with Gasteiger partial charge in [-0.1, -0.05) is 0 Å². The average molecular weight is 252 g/mol. The Labute approximate surface area is 95.3 Å². The van der Waals surface area contributed by atoms with E-state index < -0.39 is 12.2 Å². The molecule has 0 saturated carbocycles. The lowest BCUT2D eigenvalue weighted by molar-refractivity contribution is -0.276. The summed E-state index contributed by atoms with van der Waals surface area (Å²) < 4.78 is 49.7. The molecular formula is C9H11F3N2O3. The number of hydrogen-bond donors (Lipinski definition) is 1. The number of nitrogens with zero attached hydrogens (tertiary/aromatic N) is 1. The summed E-state index contributed by atoms with van der Waals surface area (Å²) >= 11 is 0. The third kappa shape index (κ3) is 3.13. The standard InChI is InChI=1S/C9H11F3N2O3/c1-15-6-4-14-8(17-9(10,11)12)7(16-2)5(6)3-13/h4H,3,13H2,1-2H3. The molecule has 0 atom stereocenters. The molecule has 0 spiro atoms. The van der Waals surface area contributed by atoms with Crippen LogP contribution in [0.4, 0.5) is 13.2 Å². The predicted molar refractivity (Wildman–Crippen MR) is 51.9 cm³/mol. The van der Waals surface area contributed by atoms with Gasteiger partial charge in [0.2, 0.25) is 0 Å². The van der Waals surface area contributed by atoms with Crippen LogP contribution < -0.4 is 19.9 Å². The number of hydrogen-bond acceptors (Lipinski definition) is 5. The van der Waals surface area contributed by atoms with E-state index in [1.165, 1.54) is 14.2 Å². The molecule has 8 heteroatoms. The van der Waals surface area contributed by atoms with Gasteiger partial charge in [-0.25, -0.2) is 4.98 Å². The Balaban J connectivity index is 3.23. The van der Waals surface area contributed by atoms with Crippen LogP contribution in [0.25, 0.3) is 0 Å². The maximum absolute atomic E-state index is 12.1. The monoisotopic (exact) mass is 252 g/mol. The highest BCUT2D eigenvalue weighted by molar-refractivity contribution is 5.49. The highest BCUT2D eigenvalue weighted by Crippen LogP contribution is 2.37. The van der Waals surface area contributed by atoms with E-state index >= 15 is 0 Å². The maximum Gasteiger partial charge on any atom is 0.574 e. The summed E-state index contributed by atoms with van der Waals surface area (Å²) in [6.45, 7) is -0.0664. The molecule has 2 N–H and O–H groups in total. The van der Waals surface area contributed by atoms with Crippen LogP contribution in [0.5, 0.6) is 17.4 Å². The minimum Gasteiger partial charge on any atom is -0.495 e. The first-order valence-corrected chi connectivity index (χ1v) is 4.48. The van der Waals surface area contributed by atoms with Crippen molar-refractivity contribution in [3.63, 3.8) is 0 Å². The van der Waals surface area contributed by atoms with E-state index in [-0.39, 0.29) is 23.6 Å². The molecule has 0 saturated heterocycles. The zero-order valence-corrected chi connectivity index (χ0v) is 9.17. The zero-order chi connectivity index (χ0) is 13.1. The van der Waals surface area contributed by atoms with Gasteiger partial charge < -0.3 is 19.9 Å². The largest absolute Gasteiger partial charge is 0.574 e. The molecule has 0 bridgehead atoms. The van der Waals surface area contributed by atoms with E-state index in [9.17, 15) is 13.2 Å². The first-order chi connectivity index (χ1) is 7.92. The quantitative estimate of drug-likeness (QED) is 0.878. The molecule has 0 fully saturated rings. The van der Waals surface area contributed by atoms with Crippen LogP contribution in [0.1, 0.15) is 5.56 Å². The Kier molecular flexibility index (Phi) is 4.00. The van der Waals surface area contributed by atoms with Gasteiger partial charge in [0.25, 0.3) is 5.88 Å². The van der Waals surface area contributed by atoms with E-state index in [2.05, 4.69) is 9.72 Å². The smallest absolute Gasteiger partial charge is 0.495 e. The van der Waals surface area contributed by atoms with Crippen LogP contribution in [0.2, 0.25) is 0 Å². The lowest BCUT2D eigenvalue weighted by Crippen LogP contribution is -2.19. The summed E-state index contributed by atoms with van der Waals surface area (Å²) in [6.07, 6.45) is -3.76. The number of pyridine rings is 1. The second kappa shape index (κ2) is 5.09. The number of rotatable bonds is 4. The Hall–Kier alpha value is -1.70.